The van der Waals surface area contributed by atoms with Crippen molar-refractivity contribution in [2.24, 2.45) is 5.73 Å². The molecule has 3 rings (SSSR count). The van der Waals surface area contributed by atoms with Crippen LogP contribution in [-0.4, -0.2) is 16.6 Å². The van der Waals surface area contributed by atoms with Crippen LogP contribution < -0.4 is 5.73 Å². The van der Waals surface area contributed by atoms with Gasteiger partial charge in [0.2, 0.25) is 0 Å². The normalized spacial score (nSPS) is 19.2. The Hall–Kier alpha value is -1.48. The van der Waals surface area contributed by atoms with Gasteiger partial charge in [-0.3, -0.25) is 0 Å². The fraction of sp³-hybridized carbons (Fsp3) is 0.467. The molecule has 0 radical (unpaired) electrons. The van der Waals surface area contributed by atoms with E-state index in [2.05, 4.69) is 11.1 Å². The topological polar surface area (TPSA) is 62.0 Å². The average Bonchev–Trinajstić information content (AvgIpc) is 2.89. The predicted octanol–water partition coefficient (Wildman–Crippen LogP) is 3.03. The molecule has 1 aromatic heterocycles. The van der Waals surface area contributed by atoms with Gasteiger partial charge in [-0.1, -0.05) is 25.3 Å². The number of phenolic OH excluding ortho intramolecular Hbond substituents is 1. The summed E-state index contributed by atoms with van der Waals surface area (Å²) in [6, 6.07) is 6.03. The highest BCUT2D eigenvalue weighted by atomic mass is 16.3. The molecule has 96 valence electrons. The first-order valence-corrected chi connectivity index (χ1v) is 6.76. The fourth-order valence-corrected chi connectivity index (χ4v) is 3.36. The SMILES string of the molecule is NCC1(c2ccc3[nH]ccc3c2O)CCCCC1. The van der Waals surface area contributed by atoms with Gasteiger partial charge in [-0.2, -0.15) is 0 Å². The standard InChI is InChI=1S/C15H20N2O/c16-10-15(7-2-1-3-8-15)12-4-5-13-11(14(12)18)6-9-17-13/h4-6,9,17-18H,1-3,7-8,10,16H2. The number of aromatic hydroxyl groups is 1. The number of rotatable bonds is 2. The number of H-pyrrole nitrogens is 1. The van der Waals surface area contributed by atoms with Gasteiger partial charge in [0.15, 0.2) is 0 Å². The number of aromatic nitrogens is 1. The molecule has 1 heterocycles. The summed E-state index contributed by atoms with van der Waals surface area (Å²) in [6.07, 6.45) is 7.75. The van der Waals surface area contributed by atoms with E-state index in [9.17, 15) is 5.11 Å². The molecule has 18 heavy (non-hydrogen) atoms. The summed E-state index contributed by atoms with van der Waals surface area (Å²) in [6.45, 7) is 0.622. The average molecular weight is 244 g/mol. The van der Waals surface area contributed by atoms with E-state index < -0.39 is 0 Å². The van der Waals surface area contributed by atoms with E-state index in [1.165, 1.54) is 19.3 Å². The first-order valence-electron chi connectivity index (χ1n) is 6.76. The van der Waals surface area contributed by atoms with E-state index >= 15 is 0 Å². The molecule has 0 unspecified atom stereocenters. The molecule has 1 saturated carbocycles. The van der Waals surface area contributed by atoms with Crippen LogP contribution in [0.4, 0.5) is 0 Å². The summed E-state index contributed by atoms with van der Waals surface area (Å²) in [5.41, 5.74) is 8.04. The van der Waals surface area contributed by atoms with Crippen LogP contribution in [0.1, 0.15) is 37.7 Å². The van der Waals surface area contributed by atoms with Crippen molar-refractivity contribution in [2.75, 3.05) is 6.54 Å². The van der Waals surface area contributed by atoms with E-state index in [1.54, 1.807) is 0 Å². The Kier molecular flexibility index (Phi) is 2.78. The minimum atomic E-state index is -0.0200. The van der Waals surface area contributed by atoms with Crippen molar-refractivity contribution in [3.63, 3.8) is 0 Å². The van der Waals surface area contributed by atoms with Crippen LogP contribution in [-0.2, 0) is 5.41 Å². The van der Waals surface area contributed by atoms with Crippen LogP contribution in [0.2, 0.25) is 0 Å². The Morgan fingerprint density at radius 3 is 2.67 bits per heavy atom. The third-order valence-corrected chi connectivity index (χ3v) is 4.48. The van der Waals surface area contributed by atoms with Crippen molar-refractivity contribution < 1.29 is 5.11 Å². The minimum absolute atomic E-state index is 0.0200. The van der Waals surface area contributed by atoms with Crippen LogP contribution in [0, 0.1) is 0 Å². The molecule has 0 amide bonds. The summed E-state index contributed by atoms with van der Waals surface area (Å²) in [5, 5.41) is 11.4. The summed E-state index contributed by atoms with van der Waals surface area (Å²) < 4.78 is 0. The Balaban J connectivity index is 2.14. The molecule has 1 aromatic carbocycles. The van der Waals surface area contributed by atoms with Crippen molar-refractivity contribution in [2.45, 2.75) is 37.5 Å². The monoisotopic (exact) mass is 244 g/mol. The first kappa shape index (κ1) is 11.6. The van der Waals surface area contributed by atoms with Crippen LogP contribution >= 0.6 is 0 Å². The van der Waals surface area contributed by atoms with Gasteiger partial charge in [0, 0.05) is 34.6 Å². The number of aromatic amines is 1. The second kappa shape index (κ2) is 4.32. The zero-order chi connectivity index (χ0) is 12.6. The molecule has 0 aliphatic heterocycles. The molecular weight excluding hydrogens is 224 g/mol. The maximum Gasteiger partial charge on any atom is 0.128 e. The molecular formula is C15H20N2O. The number of benzene rings is 1. The lowest BCUT2D eigenvalue weighted by molar-refractivity contribution is 0.292. The highest BCUT2D eigenvalue weighted by Gasteiger charge is 2.35. The van der Waals surface area contributed by atoms with Gasteiger partial charge in [-0.15, -0.1) is 0 Å². The maximum absolute atomic E-state index is 10.5. The zero-order valence-electron chi connectivity index (χ0n) is 10.6. The van der Waals surface area contributed by atoms with Gasteiger partial charge < -0.3 is 15.8 Å². The number of phenols is 1. The lowest BCUT2D eigenvalue weighted by Crippen LogP contribution is -2.37. The Bertz CT molecular complexity index is 553. The second-order valence-corrected chi connectivity index (χ2v) is 5.45. The smallest absolute Gasteiger partial charge is 0.128 e. The molecule has 0 spiro atoms. The quantitative estimate of drug-likeness (QED) is 0.760. The van der Waals surface area contributed by atoms with Gasteiger partial charge in [-0.25, -0.2) is 0 Å². The van der Waals surface area contributed by atoms with Gasteiger partial charge in [0.25, 0.3) is 0 Å². The zero-order valence-corrected chi connectivity index (χ0v) is 10.6. The lowest BCUT2D eigenvalue weighted by atomic mass is 9.69. The Morgan fingerprint density at radius 2 is 1.94 bits per heavy atom. The van der Waals surface area contributed by atoms with E-state index in [-0.39, 0.29) is 5.41 Å². The summed E-state index contributed by atoms with van der Waals surface area (Å²) in [4.78, 5) is 3.13. The van der Waals surface area contributed by atoms with Crippen LogP contribution in [0.15, 0.2) is 24.4 Å². The highest BCUT2D eigenvalue weighted by Crippen LogP contribution is 2.44. The lowest BCUT2D eigenvalue weighted by Gasteiger charge is -2.37. The van der Waals surface area contributed by atoms with Crippen molar-refractivity contribution in [1.82, 2.24) is 4.98 Å². The third kappa shape index (κ3) is 1.62. The molecule has 1 aliphatic rings. The van der Waals surface area contributed by atoms with Crippen molar-refractivity contribution >= 4 is 10.9 Å². The molecule has 2 aromatic rings. The molecule has 3 heteroatoms. The van der Waals surface area contributed by atoms with Gasteiger partial charge in [0.1, 0.15) is 5.75 Å². The van der Waals surface area contributed by atoms with Crippen LogP contribution in [0.25, 0.3) is 10.9 Å². The molecule has 1 fully saturated rings. The van der Waals surface area contributed by atoms with Crippen LogP contribution in [0.3, 0.4) is 0 Å². The Labute approximate surface area is 107 Å². The minimum Gasteiger partial charge on any atom is -0.507 e. The number of hydrogen-bond acceptors (Lipinski definition) is 2. The number of nitrogens with two attached hydrogens (primary N) is 1. The largest absolute Gasteiger partial charge is 0.507 e. The first-order chi connectivity index (χ1) is 8.77. The van der Waals surface area contributed by atoms with Crippen LogP contribution in [0.5, 0.6) is 5.75 Å². The van der Waals surface area contributed by atoms with Gasteiger partial charge in [0.05, 0.1) is 0 Å². The molecule has 0 atom stereocenters. The van der Waals surface area contributed by atoms with E-state index in [0.717, 1.165) is 29.3 Å². The molecule has 0 bridgehead atoms. The van der Waals surface area contributed by atoms with E-state index in [0.29, 0.717) is 12.3 Å². The predicted molar refractivity (Wildman–Crippen MR) is 73.8 cm³/mol. The maximum atomic E-state index is 10.5. The second-order valence-electron chi connectivity index (χ2n) is 5.45. The Morgan fingerprint density at radius 1 is 1.17 bits per heavy atom. The van der Waals surface area contributed by atoms with Crippen molar-refractivity contribution in [3.8, 4) is 5.75 Å². The van der Waals surface area contributed by atoms with E-state index in [4.69, 9.17) is 5.73 Å². The van der Waals surface area contributed by atoms with Crippen molar-refractivity contribution in [1.29, 1.82) is 0 Å². The number of fused-ring (bicyclic) bond motifs is 1. The summed E-state index contributed by atoms with van der Waals surface area (Å²) in [5.74, 6) is 0.418. The summed E-state index contributed by atoms with van der Waals surface area (Å²) >= 11 is 0. The number of nitrogens with one attached hydrogen (secondary N) is 1. The van der Waals surface area contributed by atoms with Gasteiger partial charge >= 0.3 is 0 Å². The van der Waals surface area contributed by atoms with Gasteiger partial charge in [-0.05, 0) is 25.0 Å². The molecule has 4 N–H and O–H groups in total. The summed E-state index contributed by atoms with van der Waals surface area (Å²) in [7, 11) is 0. The van der Waals surface area contributed by atoms with E-state index in [1.807, 2.05) is 18.3 Å². The third-order valence-electron chi connectivity index (χ3n) is 4.48. The molecule has 3 nitrogen and oxygen atoms in total. The number of hydrogen-bond donors (Lipinski definition) is 3. The highest BCUT2D eigenvalue weighted by molar-refractivity contribution is 5.87. The van der Waals surface area contributed by atoms with Crippen molar-refractivity contribution in [3.05, 3.63) is 30.0 Å². The molecule has 1 aliphatic carbocycles. The fourth-order valence-electron chi connectivity index (χ4n) is 3.36. The molecule has 0 saturated heterocycles.